The molecular formula is C8H4BrClFNO. The zero-order valence-electron chi connectivity index (χ0n) is 6.35. The highest BCUT2D eigenvalue weighted by Gasteiger charge is 2.07. The van der Waals surface area contributed by atoms with E-state index in [0.29, 0.717) is 0 Å². The molecule has 0 aliphatic heterocycles. The summed E-state index contributed by atoms with van der Waals surface area (Å²) >= 11 is 8.62. The minimum absolute atomic E-state index is 0.113. The maximum absolute atomic E-state index is 12.8. The number of hydrogen-bond acceptors (Lipinski definition) is 2. The summed E-state index contributed by atoms with van der Waals surface area (Å²) in [6.45, 7) is -0.113. The first-order valence-electron chi connectivity index (χ1n) is 3.29. The van der Waals surface area contributed by atoms with Crippen molar-refractivity contribution in [1.82, 2.24) is 0 Å². The smallest absolute Gasteiger partial charge is 0.174 e. The average molecular weight is 264 g/mol. The lowest BCUT2D eigenvalue weighted by Crippen LogP contribution is -1.94. The van der Waals surface area contributed by atoms with Crippen molar-refractivity contribution in [3.05, 3.63) is 27.4 Å². The van der Waals surface area contributed by atoms with E-state index in [1.165, 1.54) is 6.07 Å². The predicted octanol–water partition coefficient (Wildman–Crippen LogP) is 3.14. The van der Waals surface area contributed by atoms with E-state index in [0.717, 1.165) is 6.07 Å². The fourth-order valence-electron chi connectivity index (χ4n) is 0.725. The minimum atomic E-state index is -0.464. The SMILES string of the molecule is N#CCOc1cc(Br)c(F)cc1Cl. The Hall–Kier alpha value is -0.790. The first kappa shape index (κ1) is 10.3. The number of ether oxygens (including phenoxy) is 1. The van der Waals surface area contributed by atoms with Crippen LogP contribution in [0.4, 0.5) is 4.39 Å². The highest BCUT2D eigenvalue weighted by molar-refractivity contribution is 9.10. The van der Waals surface area contributed by atoms with E-state index in [-0.39, 0.29) is 21.9 Å². The Labute approximate surface area is 88.0 Å². The van der Waals surface area contributed by atoms with Gasteiger partial charge in [-0.1, -0.05) is 11.6 Å². The Bertz CT molecular complexity index is 364. The zero-order chi connectivity index (χ0) is 9.84. The van der Waals surface area contributed by atoms with Gasteiger partial charge in [0.15, 0.2) is 6.61 Å². The second kappa shape index (κ2) is 4.45. The Kier molecular flexibility index (Phi) is 3.52. The van der Waals surface area contributed by atoms with Gasteiger partial charge < -0.3 is 4.74 Å². The number of rotatable bonds is 2. The zero-order valence-corrected chi connectivity index (χ0v) is 8.69. The molecule has 2 nitrogen and oxygen atoms in total. The molecule has 13 heavy (non-hydrogen) atoms. The van der Waals surface area contributed by atoms with Crippen LogP contribution in [0, 0.1) is 17.1 Å². The number of halogens is 3. The standard InChI is InChI=1S/C8H4BrClFNO/c9-5-3-8(13-2-1-12)6(10)4-7(5)11/h3-4H,2H2. The Morgan fingerprint density at radius 2 is 2.31 bits per heavy atom. The van der Waals surface area contributed by atoms with E-state index in [9.17, 15) is 4.39 Å². The molecule has 0 saturated carbocycles. The molecule has 0 bridgehead atoms. The Balaban J connectivity index is 2.96. The molecule has 0 heterocycles. The molecule has 68 valence electrons. The van der Waals surface area contributed by atoms with E-state index in [1.807, 2.05) is 0 Å². The van der Waals surface area contributed by atoms with Crippen LogP contribution in [0.3, 0.4) is 0 Å². The Morgan fingerprint density at radius 1 is 1.62 bits per heavy atom. The summed E-state index contributed by atoms with van der Waals surface area (Å²) in [5.74, 6) is -0.175. The second-order valence-corrected chi connectivity index (χ2v) is 3.41. The number of nitrogens with zero attached hydrogens (tertiary/aromatic N) is 1. The van der Waals surface area contributed by atoms with Crippen molar-refractivity contribution in [3.63, 3.8) is 0 Å². The summed E-state index contributed by atoms with van der Waals surface area (Å²) in [5.41, 5.74) is 0. The van der Waals surface area contributed by atoms with Crippen LogP contribution in [0.25, 0.3) is 0 Å². The maximum Gasteiger partial charge on any atom is 0.174 e. The highest BCUT2D eigenvalue weighted by Crippen LogP contribution is 2.30. The van der Waals surface area contributed by atoms with Crippen LogP contribution in [0.2, 0.25) is 5.02 Å². The summed E-state index contributed by atoms with van der Waals surface area (Å²) in [5, 5.41) is 8.39. The molecule has 0 aliphatic carbocycles. The van der Waals surface area contributed by atoms with Gasteiger partial charge in [0, 0.05) is 0 Å². The van der Waals surface area contributed by atoms with Gasteiger partial charge in [-0.05, 0) is 28.1 Å². The summed E-state index contributed by atoms with van der Waals surface area (Å²) in [6.07, 6.45) is 0. The van der Waals surface area contributed by atoms with Crippen LogP contribution in [-0.4, -0.2) is 6.61 Å². The van der Waals surface area contributed by atoms with Crippen molar-refractivity contribution in [1.29, 1.82) is 5.26 Å². The van der Waals surface area contributed by atoms with E-state index in [2.05, 4.69) is 15.9 Å². The molecule has 0 N–H and O–H groups in total. The maximum atomic E-state index is 12.8. The molecule has 1 aromatic rings. The molecule has 0 spiro atoms. The normalized spacial score (nSPS) is 9.38. The van der Waals surface area contributed by atoms with Crippen LogP contribution in [0.1, 0.15) is 0 Å². The molecule has 0 amide bonds. The minimum Gasteiger partial charge on any atom is -0.477 e. The van der Waals surface area contributed by atoms with Crippen LogP contribution in [0.5, 0.6) is 5.75 Å². The first-order chi connectivity index (χ1) is 6.15. The average Bonchev–Trinajstić information content (AvgIpc) is 2.09. The fraction of sp³-hybridized carbons (Fsp3) is 0.125. The number of hydrogen-bond donors (Lipinski definition) is 0. The molecule has 0 atom stereocenters. The fourth-order valence-corrected chi connectivity index (χ4v) is 1.25. The van der Waals surface area contributed by atoms with Gasteiger partial charge in [-0.25, -0.2) is 4.39 Å². The largest absolute Gasteiger partial charge is 0.477 e. The van der Waals surface area contributed by atoms with Crippen LogP contribution >= 0.6 is 27.5 Å². The quantitative estimate of drug-likeness (QED) is 0.769. The van der Waals surface area contributed by atoms with Crippen LogP contribution < -0.4 is 4.74 Å². The summed E-state index contributed by atoms with van der Waals surface area (Å²) in [4.78, 5) is 0. The van der Waals surface area contributed by atoms with E-state index in [1.54, 1.807) is 6.07 Å². The molecule has 0 saturated heterocycles. The van der Waals surface area contributed by atoms with Gasteiger partial charge in [0.25, 0.3) is 0 Å². The molecule has 0 radical (unpaired) electrons. The molecule has 0 unspecified atom stereocenters. The van der Waals surface area contributed by atoms with E-state index in [4.69, 9.17) is 21.6 Å². The van der Waals surface area contributed by atoms with E-state index >= 15 is 0 Å². The van der Waals surface area contributed by atoms with Crippen molar-refractivity contribution in [2.75, 3.05) is 6.61 Å². The molecule has 1 rings (SSSR count). The van der Waals surface area contributed by atoms with Gasteiger partial charge in [0.1, 0.15) is 17.6 Å². The molecule has 0 aliphatic rings. The van der Waals surface area contributed by atoms with Gasteiger partial charge in [-0.2, -0.15) is 5.26 Å². The lowest BCUT2D eigenvalue weighted by Gasteiger charge is -2.04. The monoisotopic (exact) mass is 263 g/mol. The van der Waals surface area contributed by atoms with Crippen molar-refractivity contribution in [3.8, 4) is 11.8 Å². The molecule has 5 heteroatoms. The molecule has 1 aromatic carbocycles. The predicted molar refractivity (Wildman–Crippen MR) is 50.2 cm³/mol. The molecule has 0 fully saturated rings. The third-order valence-electron chi connectivity index (χ3n) is 1.27. The van der Waals surface area contributed by atoms with Gasteiger partial charge in [-0.3, -0.25) is 0 Å². The Morgan fingerprint density at radius 3 is 2.92 bits per heavy atom. The summed E-state index contributed by atoms with van der Waals surface area (Å²) in [6, 6.07) is 4.29. The topological polar surface area (TPSA) is 33.0 Å². The summed E-state index contributed by atoms with van der Waals surface area (Å²) < 4.78 is 18.0. The number of benzene rings is 1. The van der Waals surface area contributed by atoms with Crippen molar-refractivity contribution < 1.29 is 9.13 Å². The lowest BCUT2D eigenvalue weighted by atomic mass is 10.3. The summed E-state index contributed by atoms with van der Waals surface area (Å²) in [7, 11) is 0. The molecular weight excluding hydrogens is 260 g/mol. The van der Waals surface area contributed by atoms with Gasteiger partial charge in [0.2, 0.25) is 0 Å². The van der Waals surface area contributed by atoms with E-state index < -0.39 is 5.82 Å². The van der Waals surface area contributed by atoms with Crippen molar-refractivity contribution >= 4 is 27.5 Å². The second-order valence-electron chi connectivity index (χ2n) is 2.14. The van der Waals surface area contributed by atoms with Crippen molar-refractivity contribution in [2.24, 2.45) is 0 Å². The molecule has 0 aromatic heterocycles. The van der Waals surface area contributed by atoms with Crippen LogP contribution in [-0.2, 0) is 0 Å². The van der Waals surface area contributed by atoms with Crippen molar-refractivity contribution in [2.45, 2.75) is 0 Å². The third kappa shape index (κ3) is 2.58. The van der Waals surface area contributed by atoms with Crippen LogP contribution in [0.15, 0.2) is 16.6 Å². The van der Waals surface area contributed by atoms with Gasteiger partial charge in [-0.15, -0.1) is 0 Å². The lowest BCUT2D eigenvalue weighted by molar-refractivity contribution is 0.367. The third-order valence-corrected chi connectivity index (χ3v) is 2.17. The first-order valence-corrected chi connectivity index (χ1v) is 4.46. The van der Waals surface area contributed by atoms with Gasteiger partial charge >= 0.3 is 0 Å². The highest BCUT2D eigenvalue weighted by atomic mass is 79.9. The van der Waals surface area contributed by atoms with Gasteiger partial charge in [0.05, 0.1) is 9.50 Å². The number of nitriles is 1.